The Bertz CT molecular complexity index is 936. The molecule has 0 atom stereocenters. The molecule has 1 aromatic heterocycles. The van der Waals surface area contributed by atoms with Crippen LogP contribution in [0.15, 0.2) is 24.3 Å². The molecule has 6 nitrogen and oxygen atoms in total. The van der Waals surface area contributed by atoms with Gasteiger partial charge in [-0.2, -0.15) is 13.2 Å². The number of ether oxygens (including phenoxy) is 1. The van der Waals surface area contributed by atoms with Crippen LogP contribution >= 0.6 is 0 Å². The lowest BCUT2D eigenvalue weighted by atomic mass is 10.1. The smallest absolute Gasteiger partial charge is 0.416 e. The lowest BCUT2D eigenvalue weighted by Gasteiger charge is -2.25. The Kier molecular flexibility index (Phi) is 7.89. The molecular weight excluding hydrogens is 411 g/mol. The predicted octanol–water partition coefficient (Wildman–Crippen LogP) is 3.89. The summed E-state index contributed by atoms with van der Waals surface area (Å²) >= 11 is 0. The molecule has 2 rings (SSSR count). The molecule has 170 valence electrons. The normalized spacial score (nSPS) is 11.6. The zero-order chi connectivity index (χ0) is 23.3. The number of nitrogens with one attached hydrogen (secondary N) is 1. The van der Waals surface area contributed by atoms with Crippen molar-refractivity contribution in [1.29, 1.82) is 0 Å². The minimum Gasteiger partial charge on any atom is -0.465 e. The maximum atomic E-state index is 13.4. The lowest BCUT2D eigenvalue weighted by molar-refractivity contribution is -0.137. The van der Waals surface area contributed by atoms with Crippen LogP contribution < -0.4 is 0 Å². The van der Waals surface area contributed by atoms with Crippen LogP contribution in [0.1, 0.15) is 50.2 Å². The fourth-order valence-electron chi connectivity index (χ4n) is 3.31. The van der Waals surface area contributed by atoms with E-state index in [0.29, 0.717) is 41.9 Å². The summed E-state index contributed by atoms with van der Waals surface area (Å²) in [5, 5.41) is 0. The number of nitrogens with zero attached hydrogens (tertiary/aromatic N) is 2. The van der Waals surface area contributed by atoms with Crippen molar-refractivity contribution in [2.24, 2.45) is 0 Å². The number of halogens is 3. The van der Waals surface area contributed by atoms with Crippen molar-refractivity contribution in [2.75, 3.05) is 34.3 Å². The summed E-state index contributed by atoms with van der Waals surface area (Å²) in [5.41, 5.74) is 1.22. The van der Waals surface area contributed by atoms with E-state index in [1.54, 1.807) is 13.0 Å². The van der Waals surface area contributed by atoms with Gasteiger partial charge >= 0.3 is 12.1 Å². The fourth-order valence-corrected chi connectivity index (χ4v) is 3.31. The number of amides is 1. The molecular formula is C22H28F3N3O3. The number of hydrogen-bond donors (Lipinski definition) is 1. The van der Waals surface area contributed by atoms with Crippen molar-refractivity contribution < 1.29 is 27.5 Å². The summed E-state index contributed by atoms with van der Waals surface area (Å²) in [7, 11) is 4.96. The molecule has 0 fully saturated rings. The number of aryl methyl sites for hydroxylation is 1. The van der Waals surface area contributed by atoms with Crippen molar-refractivity contribution in [3.63, 3.8) is 0 Å². The predicted molar refractivity (Wildman–Crippen MR) is 111 cm³/mol. The van der Waals surface area contributed by atoms with Crippen LogP contribution in [0.4, 0.5) is 13.2 Å². The van der Waals surface area contributed by atoms with Crippen LogP contribution in [-0.2, 0) is 23.9 Å². The Labute approximate surface area is 180 Å². The first kappa shape index (κ1) is 24.5. The molecule has 0 unspecified atom stereocenters. The second kappa shape index (κ2) is 10.00. The van der Waals surface area contributed by atoms with E-state index in [1.165, 1.54) is 18.1 Å². The maximum absolute atomic E-state index is 13.4. The second-order valence-corrected chi connectivity index (χ2v) is 7.55. The van der Waals surface area contributed by atoms with Gasteiger partial charge in [-0.05, 0) is 50.7 Å². The van der Waals surface area contributed by atoms with Gasteiger partial charge in [-0.1, -0.05) is 19.1 Å². The lowest BCUT2D eigenvalue weighted by Crippen LogP contribution is -2.36. The SMILES string of the molecule is CCc1[nH]c(C(=O)N(CCN(C)C)Cc2cccc(C(F)(F)F)c2)c(C)c1C(=O)OC. The minimum absolute atomic E-state index is 0.00404. The zero-order valence-electron chi connectivity index (χ0n) is 18.4. The van der Waals surface area contributed by atoms with E-state index in [-0.39, 0.29) is 18.1 Å². The van der Waals surface area contributed by atoms with Gasteiger partial charge in [-0.25, -0.2) is 4.79 Å². The monoisotopic (exact) mass is 439 g/mol. The number of aromatic nitrogens is 1. The molecule has 1 N–H and O–H groups in total. The van der Waals surface area contributed by atoms with Gasteiger partial charge < -0.3 is 19.5 Å². The van der Waals surface area contributed by atoms with Crippen molar-refractivity contribution in [1.82, 2.24) is 14.8 Å². The van der Waals surface area contributed by atoms with Crippen molar-refractivity contribution in [3.8, 4) is 0 Å². The Morgan fingerprint density at radius 3 is 2.39 bits per heavy atom. The van der Waals surface area contributed by atoms with E-state index in [1.807, 2.05) is 25.9 Å². The highest BCUT2D eigenvalue weighted by Crippen LogP contribution is 2.30. The van der Waals surface area contributed by atoms with Gasteiger partial charge in [0.15, 0.2) is 0 Å². The quantitative estimate of drug-likeness (QED) is 0.634. The number of carbonyl (C=O) groups is 2. The number of benzene rings is 1. The van der Waals surface area contributed by atoms with E-state index in [9.17, 15) is 22.8 Å². The third kappa shape index (κ3) is 5.88. The number of esters is 1. The number of rotatable bonds is 8. The Hall–Kier alpha value is -2.81. The first-order valence-corrected chi connectivity index (χ1v) is 9.89. The maximum Gasteiger partial charge on any atom is 0.416 e. The van der Waals surface area contributed by atoms with Crippen LogP contribution in [0, 0.1) is 6.92 Å². The number of alkyl halides is 3. The molecule has 0 radical (unpaired) electrons. The van der Waals surface area contributed by atoms with Crippen LogP contribution in [0.25, 0.3) is 0 Å². The molecule has 1 aromatic carbocycles. The van der Waals surface area contributed by atoms with Gasteiger partial charge in [-0.3, -0.25) is 4.79 Å². The summed E-state index contributed by atoms with van der Waals surface area (Å²) in [6.07, 6.45) is -3.97. The first-order chi connectivity index (χ1) is 14.5. The molecule has 9 heteroatoms. The minimum atomic E-state index is -4.46. The molecule has 31 heavy (non-hydrogen) atoms. The van der Waals surface area contributed by atoms with E-state index < -0.39 is 17.7 Å². The van der Waals surface area contributed by atoms with Crippen LogP contribution in [0.5, 0.6) is 0 Å². The van der Waals surface area contributed by atoms with Gasteiger partial charge in [0.05, 0.1) is 18.2 Å². The standard InChI is InChI=1S/C22H28F3N3O3/c1-6-17-18(21(30)31-5)14(2)19(26-17)20(29)28(11-10-27(3)4)13-15-8-7-9-16(12-15)22(23,24)25/h7-9,12,26H,6,10-11,13H2,1-5H3. The third-order valence-corrected chi connectivity index (χ3v) is 5.02. The zero-order valence-corrected chi connectivity index (χ0v) is 18.4. The van der Waals surface area contributed by atoms with Crippen LogP contribution in [0.2, 0.25) is 0 Å². The number of carbonyl (C=O) groups excluding carboxylic acids is 2. The van der Waals surface area contributed by atoms with Crippen LogP contribution in [-0.4, -0.2) is 61.0 Å². The topological polar surface area (TPSA) is 65.6 Å². The first-order valence-electron chi connectivity index (χ1n) is 9.89. The van der Waals surface area contributed by atoms with E-state index >= 15 is 0 Å². The highest BCUT2D eigenvalue weighted by Gasteiger charge is 2.31. The molecule has 0 bridgehead atoms. The molecule has 0 saturated heterocycles. The average molecular weight is 439 g/mol. The Morgan fingerprint density at radius 2 is 1.84 bits per heavy atom. The Balaban J connectivity index is 2.41. The van der Waals surface area contributed by atoms with Gasteiger partial charge in [-0.15, -0.1) is 0 Å². The number of aromatic amines is 1. The summed E-state index contributed by atoms with van der Waals surface area (Å²) in [6, 6.07) is 4.94. The molecule has 0 saturated carbocycles. The highest BCUT2D eigenvalue weighted by atomic mass is 19.4. The van der Waals surface area contributed by atoms with E-state index in [4.69, 9.17) is 4.74 Å². The average Bonchev–Trinajstić information content (AvgIpc) is 3.05. The van der Waals surface area contributed by atoms with E-state index in [2.05, 4.69) is 4.98 Å². The number of hydrogen-bond acceptors (Lipinski definition) is 4. The molecule has 1 amide bonds. The third-order valence-electron chi connectivity index (χ3n) is 5.02. The van der Waals surface area contributed by atoms with Gasteiger partial charge in [0.2, 0.25) is 0 Å². The van der Waals surface area contributed by atoms with E-state index in [0.717, 1.165) is 12.1 Å². The summed E-state index contributed by atoms with van der Waals surface area (Å²) < 4.78 is 44.1. The number of likely N-dealkylation sites (N-methyl/N-ethyl adjacent to an activating group) is 1. The number of H-pyrrole nitrogens is 1. The molecule has 0 aliphatic heterocycles. The fraction of sp³-hybridized carbons (Fsp3) is 0.455. The molecule has 0 aliphatic rings. The highest BCUT2D eigenvalue weighted by molar-refractivity contribution is 6.00. The van der Waals surface area contributed by atoms with Gasteiger partial charge in [0.25, 0.3) is 5.91 Å². The van der Waals surface area contributed by atoms with Crippen molar-refractivity contribution in [2.45, 2.75) is 33.0 Å². The van der Waals surface area contributed by atoms with Gasteiger partial charge in [0, 0.05) is 25.3 Å². The summed E-state index contributed by atoms with van der Waals surface area (Å²) in [5.74, 6) is -0.927. The molecule has 1 heterocycles. The van der Waals surface area contributed by atoms with Crippen molar-refractivity contribution >= 4 is 11.9 Å². The van der Waals surface area contributed by atoms with Gasteiger partial charge in [0.1, 0.15) is 5.69 Å². The molecule has 2 aromatic rings. The van der Waals surface area contributed by atoms with Crippen molar-refractivity contribution in [3.05, 3.63) is 57.9 Å². The molecule has 0 aliphatic carbocycles. The van der Waals surface area contributed by atoms with Crippen LogP contribution in [0.3, 0.4) is 0 Å². The number of methoxy groups -OCH3 is 1. The Morgan fingerprint density at radius 1 is 1.16 bits per heavy atom. The largest absolute Gasteiger partial charge is 0.465 e. The molecule has 0 spiro atoms. The second-order valence-electron chi connectivity index (χ2n) is 7.55. The summed E-state index contributed by atoms with van der Waals surface area (Å²) in [6.45, 7) is 4.33. The summed E-state index contributed by atoms with van der Waals surface area (Å²) in [4.78, 5) is 31.9.